The molecule has 0 aliphatic carbocycles. The lowest BCUT2D eigenvalue weighted by atomic mass is 9.81. The first-order valence-electron chi connectivity index (χ1n) is 8.35. The van der Waals surface area contributed by atoms with Crippen molar-refractivity contribution in [3.8, 4) is 0 Å². The maximum Gasteiger partial charge on any atom is 0.307 e. The number of hydrogen-bond donors (Lipinski definition) is 3. The fraction of sp³-hybridized carbons (Fsp3) is 0.529. The van der Waals surface area contributed by atoms with Crippen LogP contribution in [0.1, 0.15) is 43.1 Å². The second kappa shape index (κ2) is 8.66. The first kappa shape index (κ1) is 19.0. The molecule has 0 spiro atoms. The highest BCUT2D eigenvalue weighted by Crippen LogP contribution is 2.31. The van der Waals surface area contributed by atoms with Crippen molar-refractivity contribution in [2.45, 2.75) is 39.0 Å². The van der Waals surface area contributed by atoms with Gasteiger partial charge in [0.2, 0.25) is 0 Å². The summed E-state index contributed by atoms with van der Waals surface area (Å²) in [7, 11) is 0. The Labute approximate surface area is 145 Å². The topological polar surface area (TPSA) is 118 Å². The zero-order chi connectivity index (χ0) is 18.4. The highest BCUT2D eigenvalue weighted by Gasteiger charge is 2.33. The number of nitrogens with zero attached hydrogens (tertiary/aromatic N) is 3. The Hall–Kier alpha value is -2.35. The molecule has 8 heteroatoms. The number of halogens is 1. The van der Waals surface area contributed by atoms with Gasteiger partial charge in [-0.1, -0.05) is 31.2 Å². The number of hydrogen-bond acceptors (Lipinski definition) is 5. The minimum absolute atomic E-state index is 0.194. The van der Waals surface area contributed by atoms with E-state index in [4.69, 9.17) is 5.73 Å². The van der Waals surface area contributed by atoms with Crippen molar-refractivity contribution >= 4 is 5.97 Å². The van der Waals surface area contributed by atoms with Gasteiger partial charge in [0, 0.05) is 5.92 Å². The molecule has 136 valence electrons. The van der Waals surface area contributed by atoms with Crippen molar-refractivity contribution in [3.05, 3.63) is 41.0 Å². The standard InChI is InChI=1S/C17H24FN5O2/c1-10(2)7-14(17(24)25)13(16-20-22-23-21-16)8-11-3-4-12(5-6-19)15(18)9-11/h3-4,9-10,13-14H,5-8,19H2,1-2H3,(H,24,25)(H,20,21,22,23). The third-order valence-corrected chi connectivity index (χ3v) is 4.21. The number of nitrogens with one attached hydrogen (secondary N) is 1. The Kier molecular flexibility index (Phi) is 6.58. The number of aromatic amines is 1. The normalized spacial score (nSPS) is 13.8. The molecule has 1 aromatic heterocycles. The average Bonchev–Trinajstić information content (AvgIpc) is 3.07. The molecule has 2 aromatic rings. The largest absolute Gasteiger partial charge is 0.481 e. The van der Waals surface area contributed by atoms with Crippen LogP contribution in [0.4, 0.5) is 4.39 Å². The van der Waals surface area contributed by atoms with Crippen molar-refractivity contribution in [1.29, 1.82) is 0 Å². The summed E-state index contributed by atoms with van der Waals surface area (Å²) in [4.78, 5) is 11.8. The van der Waals surface area contributed by atoms with Crippen LogP contribution in [0, 0.1) is 17.7 Å². The fourth-order valence-corrected chi connectivity index (χ4v) is 3.02. The van der Waals surface area contributed by atoms with E-state index >= 15 is 0 Å². The molecule has 0 radical (unpaired) electrons. The summed E-state index contributed by atoms with van der Waals surface area (Å²) < 4.78 is 14.2. The summed E-state index contributed by atoms with van der Waals surface area (Å²) in [6.45, 7) is 4.30. The van der Waals surface area contributed by atoms with E-state index in [-0.39, 0.29) is 11.7 Å². The van der Waals surface area contributed by atoms with Crippen LogP contribution in [-0.2, 0) is 17.6 Å². The number of aliphatic carboxylic acids is 1. The molecular weight excluding hydrogens is 325 g/mol. The molecule has 4 N–H and O–H groups in total. The number of carboxylic acid groups (broad SMARTS) is 1. The van der Waals surface area contributed by atoms with Crippen LogP contribution in [0.2, 0.25) is 0 Å². The lowest BCUT2D eigenvalue weighted by Crippen LogP contribution is -2.26. The van der Waals surface area contributed by atoms with Gasteiger partial charge < -0.3 is 10.8 Å². The molecule has 0 aliphatic heterocycles. The lowest BCUT2D eigenvalue weighted by molar-refractivity contribution is -0.143. The zero-order valence-corrected chi connectivity index (χ0v) is 14.4. The number of aromatic nitrogens is 4. The van der Waals surface area contributed by atoms with E-state index in [0.29, 0.717) is 42.8 Å². The van der Waals surface area contributed by atoms with Gasteiger partial charge in [-0.25, -0.2) is 4.39 Å². The van der Waals surface area contributed by atoms with E-state index in [1.165, 1.54) is 6.07 Å². The molecule has 0 fully saturated rings. The van der Waals surface area contributed by atoms with Crippen LogP contribution >= 0.6 is 0 Å². The summed E-state index contributed by atoms with van der Waals surface area (Å²) in [5.74, 6) is -1.88. The molecule has 0 aliphatic rings. The maximum absolute atomic E-state index is 14.2. The van der Waals surface area contributed by atoms with Crippen LogP contribution in [0.5, 0.6) is 0 Å². The third-order valence-electron chi connectivity index (χ3n) is 4.21. The van der Waals surface area contributed by atoms with Crippen molar-refractivity contribution in [3.63, 3.8) is 0 Å². The summed E-state index contributed by atoms with van der Waals surface area (Å²) in [5.41, 5.74) is 6.73. The molecule has 25 heavy (non-hydrogen) atoms. The molecule has 2 rings (SSSR count). The second-order valence-electron chi connectivity index (χ2n) is 6.62. The average molecular weight is 349 g/mol. The van der Waals surface area contributed by atoms with E-state index in [1.54, 1.807) is 12.1 Å². The molecule has 2 atom stereocenters. The van der Waals surface area contributed by atoms with Gasteiger partial charge in [0.15, 0.2) is 5.82 Å². The first-order valence-corrected chi connectivity index (χ1v) is 8.35. The zero-order valence-electron chi connectivity index (χ0n) is 14.4. The van der Waals surface area contributed by atoms with E-state index in [2.05, 4.69) is 20.6 Å². The Morgan fingerprint density at radius 1 is 1.40 bits per heavy atom. The first-order chi connectivity index (χ1) is 11.9. The molecule has 0 bridgehead atoms. The van der Waals surface area contributed by atoms with Gasteiger partial charge >= 0.3 is 5.97 Å². The van der Waals surface area contributed by atoms with Gasteiger partial charge in [-0.2, -0.15) is 5.21 Å². The summed E-state index contributed by atoms with van der Waals surface area (Å²) in [6.07, 6.45) is 1.26. The highest BCUT2D eigenvalue weighted by atomic mass is 19.1. The van der Waals surface area contributed by atoms with Gasteiger partial charge in [0.25, 0.3) is 0 Å². The predicted octanol–water partition coefficient (Wildman–Crippen LogP) is 1.91. The maximum atomic E-state index is 14.2. The van der Waals surface area contributed by atoms with Crippen molar-refractivity contribution in [1.82, 2.24) is 20.6 Å². The number of rotatable bonds is 9. The predicted molar refractivity (Wildman–Crippen MR) is 90.4 cm³/mol. The van der Waals surface area contributed by atoms with Crippen LogP contribution in [0.15, 0.2) is 18.2 Å². The Morgan fingerprint density at radius 2 is 2.16 bits per heavy atom. The molecule has 0 amide bonds. The van der Waals surface area contributed by atoms with E-state index in [9.17, 15) is 14.3 Å². The summed E-state index contributed by atoms with van der Waals surface area (Å²) in [6, 6.07) is 4.94. The van der Waals surface area contributed by atoms with E-state index < -0.39 is 17.8 Å². The van der Waals surface area contributed by atoms with Gasteiger partial charge in [0.1, 0.15) is 5.82 Å². The molecule has 2 unspecified atom stereocenters. The van der Waals surface area contributed by atoms with Gasteiger partial charge in [0.05, 0.1) is 5.92 Å². The van der Waals surface area contributed by atoms with Crippen molar-refractivity contribution in [2.75, 3.05) is 6.54 Å². The molecule has 1 heterocycles. The fourth-order valence-electron chi connectivity index (χ4n) is 3.02. The van der Waals surface area contributed by atoms with Gasteiger partial charge in [-0.3, -0.25) is 4.79 Å². The van der Waals surface area contributed by atoms with Gasteiger partial charge in [-0.15, -0.1) is 10.2 Å². The number of carbonyl (C=O) groups is 1. The molecule has 1 aromatic carbocycles. The van der Waals surface area contributed by atoms with E-state index in [0.717, 1.165) is 0 Å². The third kappa shape index (κ3) is 5.06. The smallest absolute Gasteiger partial charge is 0.307 e. The number of H-pyrrole nitrogens is 1. The molecule has 0 saturated carbocycles. The molecule has 7 nitrogen and oxygen atoms in total. The van der Waals surface area contributed by atoms with Gasteiger partial charge in [-0.05, 0) is 48.9 Å². The molecular formula is C17H24FN5O2. The Bertz CT molecular complexity index is 690. The minimum Gasteiger partial charge on any atom is -0.481 e. The number of carboxylic acids is 1. The number of benzene rings is 1. The van der Waals surface area contributed by atoms with Crippen LogP contribution < -0.4 is 5.73 Å². The van der Waals surface area contributed by atoms with Crippen LogP contribution in [0.25, 0.3) is 0 Å². The summed E-state index contributed by atoms with van der Waals surface area (Å²) >= 11 is 0. The minimum atomic E-state index is -0.913. The number of tetrazole rings is 1. The Balaban J connectivity index is 2.30. The second-order valence-corrected chi connectivity index (χ2v) is 6.62. The van der Waals surface area contributed by atoms with Crippen LogP contribution in [-0.4, -0.2) is 38.2 Å². The lowest BCUT2D eigenvalue weighted by Gasteiger charge is -2.23. The quantitative estimate of drug-likeness (QED) is 0.636. The summed E-state index contributed by atoms with van der Waals surface area (Å²) in [5, 5.41) is 23.5. The van der Waals surface area contributed by atoms with Crippen molar-refractivity contribution in [2.24, 2.45) is 17.6 Å². The SMILES string of the molecule is CC(C)CC(C(=O)O)C(Cc1ccc(CCN)c(F)c1)c1nn[nH]n1. The monoisotopic (exact) mass is 349 g/mol. The Morgan fingerprint density at radius 3 is 2.68 bits per heavy atom. The van der Waals surface area contributed by atoms with E-state index in [1.807, 2.05) is 13.8 Å². The van der Waals surface area contributed by atoms with Crippen LogP contribution in [0.3, 0.4) is 0 Å². The molecule has 0 saturated heterocycles. The number of nitrogens with two attached hydrogens (primary N) is 1. The highest BCUT2D eigenvalue weighted by molar-refractivity contribution is 5.71. The van der Waals surface area contributed by atoms with Crippen molar-refractivity contribution < 1.29 is 14.3 Å².